The Labute approximate surface area is 142 Å². The minimum absolute atomic E-state index is 0.119. The van der Waals surface area contributed by atoms with Crippen LogP contribution in [0, 0.1) is 5.92 Å². The van der Waals surface area contributed by atoms with Gasteiger partial charge in [-0.05, 0) is 18.4 Å². The number of hydrogen-bond donors (Lipinski definition) is 2. The molecule has 0 heterocycles. The van der Waals surface area contributed by atoms with E-state index in [2.05, 4.69) is 5.32 Å². The van der Waals surface area contributed by atoms with Crippen molar-refractivity contribution < 1.29 is 19.5 Å². The first-order valence-electron chi connectivity index (χ1n) is 8.20. The van der Waals surface area contributed by atoms with Crippen LogP contribution in [-0.4, -0.2) is 40.9 Å². The zero-order valence-electron chi connectivity index (χ0n) is 14.5. The number of carboxylic acids is 1. The van der Waals surface area contributed by atoms with E-state index in [1.165, 1.54) is 4.90 Å². The summed E-state index contributed by atoms with van der Waals surface area (Å²) in [6.07, 6.45) is 0.207. The van der Waals surface area contributed by atoms with Gasteiger partial charge in [0, 0.05) is 19.5 Å². The molecule has 1 rings (SSSR count). The van der Waals surface area contributed by atoms with E-state index in [1.54, 1.807) is 31.2 Å². The SMILES string of the molecule is CCN(CCC(=O)O)C(=O)C(NC(=O)CC(C)C)c1ccccc1. The number of aliphatic carboxylic acids is 1. The fraction of sp³-hybridized carbons (Fsp3) is 0.500. The summed E-state index contributed by atoms with van der Waals surface area (Å²) in [4.78, 5) is 37.2. The largest absolute Gasteiger partial charge is 0.481 e. The molecule has 0 aliphatic heterocycles. The molecule has 0 saturated carbocycles. The van der Waals surface area contributed by atoms with Gasteiger partial charge in [0.2, 0.25) is 11.8 Å². The standard InChI is InChI=1S/C18H26N2O4/c1-4-20(11-10-16(22)23)18(24)17(14-8-6-5-7-9-14)19-15(21)12-13(2)3/h5-9,13,17H,4,10-12H2,1-3H3,(H,19,21)(H,22,23). The molecule has 0 saturated heterocycles. The first kappa shape index (κ1) is 19.7. The van der Waals surface area contributed by atoms with E-state index in [4.69, 9.17) is 5.11 Å². The van der Waals surface area contributed by atoms with Gasteiger partial charge in [0.05, 0.1) is 6.42 Å². The summed E-state index contributed by atoms with van der Waals surface area (Å²) in [7, 11) is 0. The van der Waals surface area contributed by atoms with Crippen molar-refractivity contribution in [1.29, 1.82) is 0 Å². The van der Waals surface area contributed by atoms with Crippen LogP contribution in [0.5, 0.6) is 0 Å². The van der Waals surface area contributed by atoms with Crippen LogP contribution in [0.4, 0.5) is 0 Å². The maximum absolute atomic E-state index is 12.8. The molecule has 0 aliphatic rings. The molecule has 0 radical (unpaired) electrons. The Morgan fingerprint density at radius 2 is 1.79 bits per heavy atom. The van der Waals surface area contributed by atoms with Crippen LogP contribution in [0.25, 0.3) is 0 Å². The molecule has 2 N–H and O–H groups in total. The van der Waals surface area contributed by atoms with Crippen LogP contribution in [0.2, 0.25) is 0 Å². The van der Waals surface area contributed by atoms with Gasteiger partial charge in [-0.2, -0.15) is 0 Å². The van der Waals surface area contributed by atoms with Gasteiger partial charge in [-0.3, -0.25) is 14.4 Å². The van der Waals surface area contributed by atoms with Gasteiger partial charge >= 0.3 is 5.97 Å². The Hall–Kier alpha value is -2.37. The lowest BCUT2D eigenvalue weighted by atomic mass is 10.0. The molecule has 0 aromatic heterocycles. The maximum Gasteiger partial charge on any atom is 0.305 e. The Morgan fingerprint density at radius 1 is 1.17 bits per heavy atom. The highest BCUT2D eigenvalue weighted by atomic mass is 16.4. The summed E-state index contributed by atoms with van der Waals surface area (Å²) in [6.45, 7) is 6.16. The molecule has 6 nitrogen and oxygen atoms in total. The van der Waals surface area contributed by atoms with Gasteiger partial charge in [0.1, 0.15) is 6.04 Å². The van der Waals surface area contributed by atoms with Gasteiger partial charge in [0.25, 0.3) is 0 Å². The Kier molecular flexibility index (Phi) is 7.95. The van der Waals surface area contributed by atoms with Gasteiger partial charge < -0.3 is 15.3 Å². The topological polar surface area (TPSA) is 86.7 Å². The summed E-state index contributed by atoms with van der Waals surface area (Å²) in [5.41, 5.74) is 0.688. The van der Waals surface area contributed by atoms with Crippen LogP contribution in [0.1, 0.15) is 45.2 Å². The fourth-order valence-electron chi connectivity index (χ4n) is 2.36. The number of nitrogens with zero attached hydrogens (tertiary/aromatic N) is 1. The number of hydrogen-bond acceptors (Lipinski definition) is 3. The average molecular weight is 334 g/mol. The molecule has 6 heteroatoms. The highest BCUT2D eigenvalue weighted by molar-refractivity contribution is 5.89. The lowest BCUT2D eigenvalue weighted by molar-refractivity contribution is -0.140. The Morgan fingerprint density at radius 3 is 2.29 bits per heavy atom. The number of likely N-dealkylation sites (N-methyl/N-ethyl adjacent to an activating group) is 1. The van der Waals surface area contributed by atoms with Crippen molar-refractivity contribution in [2.45, 2.75) is 39.7 Å². The molecule has 24 heavy (non-hydrogen) atoms. The highest BCUT2D eigenvalue weighted by Crippen LogP contribution is 2.17. The lowest BCUT2D eigenvalue weighted by Gasteiger charge is -2.27. The Bertz CT molecular complexity index is 557. The second-order valence-corrected chi connectivity index (χ2v) is 6.07. The molecule has 0 bridgehead atoms. The van der Waals surface area contributed by atoms with Crippen molar-refractivity contribution in [3.8, 4) is 0 Å². The number of carboxylic acid groups (broad SMARTS) is 1. The number of carbonyl (C=O) groups is 3. The number of amides is 2. The monoisotopic (exact) mass is 334 g/mol. The summed E-state index contributed by atoms with van der Waals surface area (Å²) in [5, 5.41) is 11.6. The molecular formula is C18H26N2O4. The predicted molar refractivity (Wildman–Crippen MR) is 91.3 cm³/mol. The lowest BCUT2D eigenvalue weighted by Crippen LogP contribution is -2.43. The fourth-order valence-corrected chi connectivity index (χ4v) is 2.36. The number of nitrogens with one attached hydrogen (secondary N) is 1. The van der Waals surface area contributed by atoms with E-state index in [-0.39, 0.29) is 30.7 Å². The van der Waals surface area contributed by atoms with E-state index in [0.717, 1.165) is 0 Å². The third kappa shape index (κ3) is 6.40. The van der Waals surface area contributed by atoms with Crippen LogP contribution < -0.4 is 5.32 Å². The Balaban J connectivity index is 2.96. The van der Waals surface area contributed by atoms with Gasteiger partial charge in [-0.1, -0.05) is 44.2 Å². The third-order valence-electron chi connectivity index (χ3n) is 3.57. The van der Waals surface area contributed by atoms with Crippen LogP contribution in [-0.2, 0) is 14.4 Å². The minimum atomic E-state index is -0.957. The molecule has 1 aromatic rings. The summed E-state index contributed by atoms with van der Waals surface area (Å²) >= 11 is 0. The normalized spacial score (nSPS) is 11.8. The molecule has 132 valence electrons. The van der Waals surface area contributed by atoms with E-state index < -0.39 is 12.0 Å². The molecule has 0 fully saturated rings. The zero-order valence-corrected chi connectivity index (χ0v) is 14.5. The van der Waals surface area contributed by atoms with Crippen LogP contribution in [0.15, 0.2) is 30.3 Å². The summed E-state index contributed by atoms with van der Waals surface area (Å²) < 4.78 is 0. The molecule has 1 atom stereocenters. The second kappa shape index (κ2) is 9.70. The van der Waals surface area contributed by atoms with E-state index in [9.17, 15) is 14.4 Å². The van der Waals surface area contributed by atoms with Crippen LogP contribution >= 0.6 is 0 Å². The van der Waals surface area contributed by atoms with Crippen molar-refractivity contribution in [2.75, 3.05) is 13.1 Å². The van der Waals surface area contributed by atoms with Crippen molar-refractivity contribution in [3.63, 3.8) is 0 Å². The van der Waals surface area contributed by atoms with E-state index in [0.29, 0.717) is 18.5 Å². The highest BCUT2D eigenvalue weighted by Gasteiger charge is 2.27. The van der Waals surface area contributed by atoms with E-state index in [1.807, 2.05) is 19.9 Å². The van der Waals surface area contributed by atoms with Crippen molar-refractivity contribution in [1.82, 2.24) is 10.2 Å². The molecule has 1 aromatic carbocycles. The number of benzene rings is 1. The first-order chi connectivity index (χ1) is 11.3. The van der Waals surface area contributed by atoms with Gasteiger partial charge in [-0.25, -0.2) is 0 Å². The second-order valence-electron chi connectivity index (χ2n) is 6.07. The molecule has 2 amide bonds. The van der Waals surface area contributed by atoms with Crippen molar-refractivity contribution in [2.24, 2.45) is 5.92 Å². The smallest absolute Gasteiger partial charge is 0.305 e. The zero-order chi connectivity index (χ0) is 18.1. The number of rotatable bonds is 9. The van der Waals surface area contributed by atoms with Crippen LogP contribution in [0.3, 0.4) is 0 Å². The average Bonchev–Trinajstić information content (AvgIpc) is 2.52. The quantitative estimate of drug-likeness (QED) is 0.725. The summed E-state index contributed by atoms with van der Waals surface area (Å²) in [5.74, 6) is -1.25. The van der Waals surface area contributed by atoms with Gasteiger partial charge in [-0.15, -0.1) is 0 Å². The van der Waals surface area contributed by atoms with Crippen molar-refractivity contribution in [3.05, 3.63) is 35.9 Å². The molecule has 1 unspecified atom stereocenters. The van der Waals surface area contributed by atoms with E-state index >= 15 is 0 Å². The first-order valence-corrected chi connectivity index (χ1v) is 8.20. The third-order valence-corrected chi connectivity index (χ3v) is 3.57. The molecular weight excluding hydrogens is 308 g/mol. The van der Waals surface area contributed by atoms with Crippen molar-refractivity contribution >= 4 is 17.8 Å². The maximum atomic E-state index is 12.8. The van der Waals surface area contributed by atoms with Gasteiger partial charge in [0.15, 0.2) is 0 Å². The predicted octanol–water partition coefficient (Wildman–Crippen LogP) is 2.21. The number of carbonyl (C=O) groups excluding carboxylic acids is 2. The minimum Gasteiger partial charge on any atom is -0.481 e. The molecule has 0 aliphatic carbocycles. The summed E-state index contributed by atoms with van der Waals surface area (Å²) in [6, 6.07) is 8.21. The molecule has 0 spiro atoms.